The molecule has 1 amide bonds. The fourth-order valence-corrected chi connectivity index (χ4v) is 3.18. The van der Waals surface area contributed by atoms with Crippen LogP contribution in [0.15, 0.2) is 53.9 Å². The van der Waals surface area contributed by atoms with Gasteiger partial charge in [-0.25, -0.2) is 4.98 Å². The van der Waals surface area contributed by atoms with E-state index >= 15 is 0 Å². The summed E-state index contributed by atoms with van der Waals surface area (Å²) in [7, 11) is 0. The van der Waals surface area contributed by atoms with E-state index < -0.39 is 4.92 Å². The van der Waals surface area contributed by atoms with Crippen molar-refractivity contribution < 1.29 is 9.72 Å². The predicted molar refractivity (Wildman–Crippen MR) is 108 cm³/mol. The van der Waals surface area contributed by atoms with Crippen LogP contribution in [0.25, 0.3) is 17.3 Å². The molecule has 2 aromatic carbocycles. The van der Waals surface area contributed by atoms with Gasteiger partial charge in [0, 0.05) is 29.2 Å². The molecule has 136 valence electrons. The van der Waals surface area contributed by atoms with Crippen LogP contribution in [0, 0.1) is 10.1 Å². The highest BCUT2D eigenvalue weighted by Gasteiger charge is 2.09. The van der Waals surface area contributed by atoms with Gasteiger partial charge in [-0.05, 0) is 35.9 Å². The van der Waals surface area contributed by atoms with Gasteiger partial charge in [-0.15, -0.1) is 11.3 Å². The monoisotopic (exact) mass is 419 g/mol. The third-order valence-electron chi connectivity index (χ3n) is 3.48. The Morgan fingerprint density at radius 2 is 1.89 bits per heavy atom. The first-order chi connectivity index (χ1) is 12.9. The molecular formula is C18H11Cl2N3O3S. The van der Waals surface area contributed by atoms with Crippen molar-refractivity contribution in [3.05, 3.63) is 79.6 Å². The van der Waals surface area contributed by atoms with Crippen LogP contribution < -0.4 is 5.32 Å². The Balaban J connectivity index is 1.66. The van der Waals surface area contributed by atoms with E-state index in [4.69, 9.17) is 23.2 Å². The van der Waals surface area contributed by atoms with Crippen LogP contribution in [0.5, 0.6) is 0 Å². The zero-order valence-corrected chi connectivity index (χ0v) is 15.9. The highest BCUT2D eigenvalue weighted by molar-refractivity contribution is 7.14. The maximum atomic E-state index is 12.0. The van der Waals surface area contributed by atoms with E-state index in [9.17, 15) is 14.9 Å². The van der Waals surface area contributed by atoms with Crippen LogP contribution in [0.1, 0.15) is 5.56 Å². The van der Waals surface area contributed by atoms with Crippen LogP contribution in [-0.4, -0.2) is 15.8 Å². The molecule has 3 aromatic rings. The second-order valence-electron chi connectivity index (χ2n) is 5.34. The average Bonchev–Trinajstić information content (AvgIpc) is 3.11. The lowest BCUT2D eigenvalue weighted by molar-refractivity contribution is -0.384. The Kier molecular flexibility index (Phi) is 5.85. The molecule has 0 atom stereocenters. The molecule has 6 nitrogen and oxygen atoms in total. The van der Waals surface area contributed by atoms with Gasteiger partial charge in [-0.2, -0.15) is 0 Å². The van der Waals surface area contributed by atoms with E-state index in [1.807, 2.05) is 0 Å². The summed E-state index contributed by atoms with van der Waals surface area (Å²) < 4.78 is 0. The first-order valence-electron chi connectivity index (χ1n) is 7.57. The number of non-ortho nitro benzene ring substituents is 1. The molecule has 0 bridgehead atoms. The molecule has 9 heteroatoms. The molecule has 0 aliphatic heterocycles. The molecule has 0 saturated carbocycles. The SMILES string of the molecule is O=C(/C=C/c1ccc(Cl)c(Cl)c1)Nc1nc(-c2ccc([N+](=O)[O-])cc2)cs1. The molecule has 0 aliphatic rings. The normalized spacial score (nSPS) is 10.9. The zero-order chi connectivity index (χ0) is 19.4. The minimum Gasteiger partial charge on any atom is -0.298 e. The molecule has 0 unspecified atom stereocenters. The van der Waals surface area contributed by atoms with Crippen molar-refractivity contribution in [2.24, 2.45) is 0 Å². The van der Waals surface area contributed by atoms with Crippen molar-refractivity contribution in [2.75, 3.05) is 5.32 Å². The van der Waals surface area contributed by atoms with Crippen LogP contribution >= 0.6 is 34.5 Å². The van der Waals surface area contributed by atoms with Gasteiger partial charge in [-0.1, -0.05) is 29.3 Å². The van der Waals surface area contributed by atoms with Crippen LogP contribution in [0.4, 0.5) is 10.8 Å². The van der Waals surface area contributed by atoms with Crippen molar-refractivity contribution >= 4 is 57.3 Å². The highest BCUT2D eigenvalue weighted by atomic mass is 35.5. The first-order valence-corrected chi connectivity index (χ1v) is 9.20. The summed E-state index contributed by atoms with van der Waals surface area (Å²) in [5.74, 6) is -0.342. The summed E-state index contributed by atoms with van der Waals surface area (Å²) in [5.41, 5.74) is 2.10. The van der Waals surface area contributed by atoms with E-state index in [-0.39, 0.29) is 11.6 Å². The third kappa shape index (κ3) is 4.91. The molecular weight excluding hydrogens is 409 g/mol. The second-order valence-corrected chi connectivity index (χ2v) is 7.01. The number of amides is 1. The summed E-state index contributed by atoms with van der Waals surface area (Å²) in [6.45, 7) is 0. The highest BCUT2D eigenvalue weighted by Crippen LogP contribution is 2.27. The van der Waals surface area contributed by atoms with E-state index in [1.165, 1.54) is 29.5 Å². The maximum absolute atomic E-state index is 12.0. The molecule has 1 N–H and O–H groups in total. The van der Waals surface area contributed by atoms with Gasteiger partial charge in [-0.3, -0.25) is 20.2 Å². The fourth-order valence-electron chi connectivity index (χ4n) is 2.15. The Labute approximate surface area is 168 Å². The fraction of sp³-hybridized carbons (Fsp3) is 0. The molecule has 0 spiro atoms. The number of halogens is 2. The average molecular weight is 420 g/mol. The minimum atomic E-state index is -0.462. The quantitative estimate of drug-likeness (QED) is 0.327. The van der Waals surface area contributed by atoms with Crippen molar-refractivity contribution in [2.45, 2.75) is 0 Å². The number of benzene rings is 2. The van der Waals surface area contributed by atoms with Crippen LogP contribution in [-0.2, 0) is 4.79 Å². The summed E-state index contributed by atoms with van der Waals surface area (Å²) in [4.78, 5) is 26.6. The lowest BCUT2D eigenvalue weighted by Gasteiger charge is -1.99. The molecule has 1 aromatic heterocycles. The van der Waals surface area contributed by atoms with Crippen LogP contribution in [0.2, 0.25) is 10.0 Å². The number of aromatic nitrogens is 1. The minimum absolute atomic E-state index is 0.00921. The number of carbonyl (C=O) groups is 1. The number of hydrogen-bond donors (Lipinski definition) is 1. The van der Waals surface area contributed by atoms with Crippen molar-refractivity contribution in [3.8, 4) is 11.3 Å². The summed E-state index contributed by atoms with van der Waals surface area (Å²) in [6, 6.07) is 11.1. The molecule has 0 radical (unpaired) electrons. The molecule has 3 rings (SSSR count). The number of rotatable bonds is 5. The lowest BCUT2D eigenvalue weighted by Crippen LogP contribution is -2.07. The summed E-state index contributed by atoms with van der Waals surface area (Å²) in [5, 5.41) is 16.4. The lowest BCUT2D eigenvalue weighted by atomic mass is 10.1. The third-order valence-corrected chi connectivity index (χ3v) is 4.98. The number of nitrogens with one attached hydrogen (secondary N) is 1. The standard InChI is InChI=1S/C18H11Cl2N3O3S/c19-14-7-1-11(9-15(14)20)2-8-17(24)22-18-21-16(10-27-18)12-3-5-13(6-4-12)23(25)26/h1-10H,(H,21,22,24)/b8-2+. The predicted octanol–water partition coefficient (Wildman–Crippen LogP) is 5.68. The molecule has 27 heavy (non-hydrogen) atoms. The molecule has 1 heterocycles. The number of nitro groups is 1. The number of anilines is 1. The van der Waals surface area contributed by atoms with Gasteiger partial charge in [0.2, 0.25) is 5.91 Å². The van der Waals surface area contributed by atoms with Gasteiger partial charge in [0.1, 0.15) is 0 Å². The largest absolute Gasteiger partial charge is 0.298 e. The van der Waals surface area contributed by atoms with Gasteiger partial charge in [0.15, 0.2) is 5.13 Å². The van der Waals surface area contributed by atoms with Gasteiger partial charge >= 0.3 is 0 Å². The number of nitrogens with zero attached hydrogens (tertiary/aromatic N) is 2. The smallest absolute Gasteiger partial charge is 0.269 e. The zero-order valence-electron chi connectivity index (χ0n) is 13.6. The topological polar surface area (TPSA) is 85.1 Å². The van der Waals surface area contributed by atoms with Gasteiger partial charge in [0.25, 0.3) is 5.69 Å². The van der Waals surface area contributed by atoms with Gasteiger partial charge < -0.3 is 0 Å². The number of carbonyl (C=O) groups excluding carboxylic acids is 1. The summed E-state index contributed by atoms with van der Waals surface area (Å²) >= 11 is 13.0. The van der Waals surface area contributed by atoms with Gasteiger partial charge in [0.05, 0.1) is 20.7 Å². The number of thiazole rings is 1. The molecule has 0 saturated heterocycles. The molecule has 0 aliphatic carbocycles. The summed E-state index contributed by atoms with van der Waals surface area (Å²) in [6.07, 6.45) is 2.98. The Hall–Kier alpha value is -2.74. The van der Waals surface area contributed by atoms with Crippen molar-refractivity contribution in [3.63, 3.8) is 0 Å². The van der Waals surface area contributed by atoms with Crippen molar-refractivity contribution in [1.29, 1.82) is 0 Å². The van der Waals surface area contributed by atoms with E-state index in [0.29, 0.717) is 20.9 Å². The van der Waals surface area contributed by atoms with Crippen LogP contribution in [0.3, 0.4) is 0 Å². The number of nitro benzene ring substituents is 1. The Morgan fingerprint density at radius 3 is 2.56 bits per heavy atom. The van der Waals surface area contributed by atoms with E-state index in [1.54, 1.807) is 41.8 Å². The Bertz CT molecular complexity index is 1030. The van der Waals surface area contributed by atoms with Crippen molar-refractivity contribution in [1.82, 2.24) is 4.98 Å². The Morgan fingerprint density at radius 1 is 1.15 bits per heavy atom. The van der Waals surface area contributed by atoms with E-state index in [0.717, 1.165) is 11.1 Å². The first kappa shape index (κ1) is 19.0. The molecule has 0 fully saturated rings. The number of hydrogen-bond acceptors (Lipinski definition) is 5. The maximum Gasteiger partial charge on any atom is 0.269 e. The van der Waals surface area contributed by atoms with E-state index in [2.05, 4.69) is 10.3 Å². The second kappa shape index (κ2) is 8.30.